The van der Waals surface area contributed by atoms with E-state index in [2.05, 4.69) is 4.98 Å². The molecule has 74 valence electrons. The first-order chi connectivity index (χ1) is 6.59. The van der Waals surface area contributed by atoms with Crippen molar-refractivity contribution in [3.05, 3.63) is 45.9 Å². The Kier molecular flexibility index (Phi) is 3.30. The lowest BCUT2D eigenvalue weighted by atomic mass is 10.4. The molecular weight excluding hydrogens is 182 g/mol. The summed E-state index contributed by atoms with van der Waals surface area (Å²) in [6, 6.07) is 5.54. The number of hydrogen-bond acceptors (Lipinski definition) is 3. The number of pyridine rings is 1. The van der Waals surface area contributed by atoms with Gasteiger partial charge in [-0.25, -0.2) is 4.98 Å². The van der Waals surface area contributed by atoms with E-state index < -0.39 is 4.92 Å². The number of quaternary nitrogens is 1. The van der Waals surface area contributed by atoms with E-state index in [9.17, 15) is 10.1 Å². The molecule has 2 N–H and O–H groups in total. The first kappa shape index (κ1) is 10.3. The molecule has 0 amide bonds. The van der Waals surface area contributed by atoms with Crippen molar-refractivity contribution in [2.45, 2.75) is 13.8 Å². The zero-order valence-electron chi connectivity index (χ0n) is 8.10. The fourth-order valence-corrected chi connectivity index (χ4v) is 0.924. The largest absolute Gasteiger partial charge is 0.295 e. The third kappa shape index (κ3) is 2.95. The van der Waals surface area contributed by atoms with Crippen LogP contribution in [0.1, 0.15) is 12.6 Å². The van der Waals surface area contributed by atoms with Crippen molar-refractivity contribution in [2.24, 2.45) is 0 Å². The van der Waals surface area contributed by atoms with E-state index in [-0.39, 0.29) is 5.70 Å². The van der Waals surface area contributed by atoms with Gasteiger partial charge < -0.3 is 0 Å². The van der Waals surface area contributed by atoms with E-state index in [1.54, 1.807) is 11.4 Å². The van der Waals surface area contributed by atoms with Crippen LogP contribution in [0.5, 0.6) is 0 Å². The van der Waals surface area contributed by atoms with Gasteiger partial charge in [0.15, 0.2) is 6.20 Å². The van der Waals surface area contributed by atoms with Crippen molar-refractivity contribution < 1.29 is 10.2 Å². The molecule has 0 aliphatic rings. The monoisotopic (exact) mass is 194 g/mol. The lowest BCUT2D eigenvalue weighted by Gasteiger charge is -1.94. The fourth-order valence-electron chi connectivity index (χ4n) is 0.924. The maximum Gasteiger partial charge on any atom is 0.295 e. The molecule has 0 aliphatic heterocycles. The molecular formula is C9H12N3O2+. The molecule has 0 aliphatic carbocycles. The molecule has 0 atom stereocenters. The highest BCUT2D eigenvalue weighted by atomic mass is 16.6. The second-order valence-corrected chi connectivity index (χ2v) is 2.94. The third-order valence-corrected chi connectivity index (χ3v) is 1.69. The van der Waals surface area contributed by atoms with Crippen molar-refractivity contribution in [1.29, 1.82) is 0 Å². The van der Waals surface area contributed by atoms with Gasteiger partial charge in [0, 0.05) is 18.7 Å². The van der Waals surface area contributed by atoms with E-state index in [0.717, 1.165) is 11.5 Å². The molecule has 1 heterocycles. The van der Waals surface area contributed by atoms with E-state index >= 15 is 0 Å². The smallest absolute Gasteiger partial charge is 0.266 e. The first-order valence-corrected chi connectivity index (χ1v) is 4.19. The molecule has 0 unspecified atom stereocenters. The summed E-state index contributed by atoms with van der Waals surface area (Å²) in [5.74, 6) is 0.728. The highest BCUT2D eigenvalue weighted by Crippen LogP contribution is 1.97. The highest BCUT2D eigenvalue weighted by molar-refractivity contribution is 5.19. The van der Waals surface area contributed by atoms with Crippen LogP contribution >= 0.6 is 0 Å². The Morgan fingerprint density at radius 2 is 2.36 bits per heavy atom. The number of hydrogen-bond donors (Lipinski definition) is 1. The molecule has 0 bridgehead atoms. The topological polar surface area (TPSA) is 72.6 Å². The lowest BCUT2D eigenvalue weighted by Crippen LogP contribution is -2.72. The van der Waals surface area contributed by atoms with E-state index in [1.165, 1.54) is 13.1 Å². The minimum Gasteiger partial charge on any atom is -0.266 e. The number of nitrogens with two attached hydrogens (primary N) is 1. The maximum absolute atomic E-state index is 10.3. The molecule has 5 heteroatoms. The number of nitro groups is 1. The van der Waals surface area contributed by atoms with Gasteiger partial charge in [-0.05, 0) is 13.0 Å². The number of rotatable bonds is 3. The summed E-state index contributed by atoms with van der Waals surface area (Å²) < 4.78 is 0. The molecule has 0 aromatic carbocycles. The summed E-state index contributed by atoms with van der Waals surface area (Å²) >= 11 is 0. The van der Waals surface area contributed by atoms with Crippen LogP contribution in [0.2, 0.25) is 0 Å². The highest BCUT2D eigenvalue weighted by Gasteiger charge is 2.04. The summed E-state index contributed by atoms with van der Waals surface area (Å²) in [5.41, 5.74) is 0.999. The zero-order valence-corrected chi connectivity index (χ0v) is 8.10. The Labute approximate surface area is 81.6 Å². The molecule has 0 saturated carbocycles. The summed E-state index contributed by atoms with van der Waals surface area (Å²) in [4.78, 5) is 14.0. The predicted octanol–water partition coefficient (Wildman–Crippen LogP) is 0.723. The molecule has 1 aromatic rings. The van der Waals surface area contributed by atoms with Gasteiger partial charge in [0.1, 0.15) is 0 Å². The molecule has 0 spiro atoms. The van der Waals surface area contributed by atoms with Gasteiger partial charge >= 0.3 is 0 Å². The van der Waals surface area contributed by atoms with E-state index in [4.69, 9.17) is 0 Å². The molecule has 5 nitrogen and oxygen atoms in total. The van der Waals surface area contributed by atoms with Crippen LogP contribution in [-0.2, 0) is 0 Å². The van der Waals surface area contributed by atoms with E-state index in [0.29, 0.717) is 0 Å². The molecule has 0 radical (unpaired) electrons. The van der Waals surface area contributed by atoms with Crippen LogP contribution in [0.4, 0.5) is 5.82 Å². The maximum atomic E-state index is 10.3. The van der Waals surface area contributed by atoms with Crippen LogP contribution in [-0.4, -0.2) is 9.91 Å². The normalized spacial score (nSPS) is 11.4. The van der Waals surface area contributed by atoms with Gasteiger partial charge in [0.2, 0.25) is 5.82 Å². The number of aromatic nitrogens is 1. The Bertz CT molecular complexity index is 374. The Morgan fingerprint density at radius 3 is 2.93 bits per heavy atom. The van der Waals surface area contributed by atoms with Gasteiger partial charge in [-0.1, -0.05) is 6.07 Å². The van der Waals surface area contributed by atoms with Crippen LogP contribution in [0.15, 0.2) is 30.1 Å². The standard InChI is InChI=1S/C9H11N3O2/c1-7-4-3-5-9(11-7)10-6-8(2)12(13)14/h3-6H,1-2H3,(H,10,11)/p+1/b8-6-. The van der Waals surface area contributed by atoms with Crippen molar-refractivity contribution >= 4 is 5.82 Å². The van der Waals surface area contributed by atoms with Gasteiger partial charge in [-0.15, -0.1) is 0 Å². The Morgan fingerprint density at radius 1 is 1.64 bits per heavy atom. The van der Waals surface area contributed by atoms with Crippen LogP contribution in [0.3, 0.4) is 0 Å². The summed E-state index contributed by atoms with van der Waals surface area (Å²) in [5, 5.41) is 11.9. The minimum absolute atomic E-state index is 0.105. The van der Waals surface area contributed by atoms with Crippen molar-refractivity contribution in [3.8, 4) is 0 Å². The lowest BCUT2D eigenvalue weighted by molar-refractivity contribution is -0.519. The van der Waals surface area contributed by atoms with E-state index in [1.807, 2.05) is 19.1 Å². The van der Waals surface area contributed by atoms with Crippen molar-refractivity contribution in [3.63, 3.8) is 0 Å². The number of aryl methyl sites for hydroxylation is 1. The SMILES string of the molecule is C/C(=C/[NH2+]c1cccc(C)n1)[N+](=O)[O-]. The molecule has 1 rings (SSSR count). The Hall–Kier alpha value is -1.75. The Balaban J connectivity index is 2.71. The zero-order chi connectivity index (χ0) is 10.6. The van der Waals surface area contributed by atoms with Gasteiger partial charge in [-0.3, -0.25) is 15.4 Å². The second-order valence-electron chi connectivity index (χ2n) is 2.94. The fraction of sp³-hybridized carbons (Fsp3) is 0.222. The van der Waals surface area contributed by atoms with Gasteiger partial charge in [-0.2, -0.15) is 0 Å². The first-order valence-electron chi connectivity index (χ1n) is 4.19. The molecule has 14 heavy (non-hydrogen) atoms. The number of allylic oxidation sites excluding steroid dienone is 1. The van der Waals surface area contributed by atoms with Gasteiger partial charge in [0.05, 0.1) is 4.92 Å². The minimum atomic E-state index is -0.424. The third-order valence-electron chi connectivity index (χ3n) is 1.69. The van der Waals surface area contributed by atoms with Crippen molar-refractivity contribution in [1.82, 2.24) is 4.98 Å². The quantitative estimate of drug-likeness (QED) is 0.569. The summed E-state index contributed by atoms with van der Waals surface area (Å²) in [6.07, 6.45) is 1.45. The summed E-state index contributed by atoms with van der Waals surface area (Å²) in [7, 11) is 0. The van der Waals surface area contributed by atoms with Gasteiger partial charge in [0.25, 0.3) is 5.70 Å². The van der Waals surface area contributed by atoms with Crippen LogP contribution < -0.4 is 5.32 Å². The van der Waals surface area contributed by atoms with Crippen LogP contribution in [0, 0.1) is 17.0 Å². The average Bonchev–Trinajstić information content (AvgIpc) is 2.14. The predicted molar refractivity (Wildman–Crippen MR) is 51.3 cm³/mol. The molecule has 1 aromatic heterocycles. The van der Waals surface area contributed by atoms with Crippen LogP contribution in [0.25, 0.3) is 0 Å². The average molecular weight is 194 g/mol. The summed E-state index contributed by atoms with van der Waals surface area (Å²) in [6.45, 7) is 3.33. The molecule has 0 saturated heterocycles. The van der Waals surface area contributed by atoms with Crippen molar-refractivity contribution in [2.75, 3.05) is 0 Å². The molecule has 0 fully saturated rings. The number of nitrogens with zero attached hydrogens (tertiary/aromatic N) is 2. The second kappa shape index (κ2) is 4.48.